The molecule has 1 aliphatic rings. The van der Waals surface area contributed by atoms with Crippen molar-refractivity contribution in [2.45, 2.75) is 39.7 Å². The highest BCUT2D eigenvalue weighted by atomic mass is 35.5. The third-order valence-electron chi connectivity index (χ3n) is 5.32. The molecule has 0 saturated carbocycles. The van der Waals surface area contributed by atoms with Gasteiger partial charge in [0.25, 0.3) is 0 Å². The summed E-state index contributed by atoms with van der Waals surface area (Å²) in [4.78, 5) is 6.54. The molecule has 2 atom stereocenters. The molecule has 0 aliphatic carbocycles. The summed E-state index contributed by atoms with van der Waals surface area (Å²) in [5, 5.41) is 2.71. The van der Waals surface area contributed by atoms with Gasteiger partial charge in [0, 0.05) is 41.5 Å². The zero-order chi connectivity index (χ0) is 18.4. The van der Waals surface area contributed by atoms with E-state index in [2.05, 4.69) is 42.8 Å². The van der Waals surface area contributed by atoms with Gasteiger partial charge in [-0.15, -0.1) is 0 Å². The molecule has 0 N–H and O–H groups in total. The maximum Gasteiger partial charge on any atom is 0.150 e. The summed E-state index contributed by atoms with van der Waals surface area (Å²) < 4.78 is 23.8. The van der Waals surface area contributed by atoms with Crippen molar-refractivity contribution in [3.05, 3.63) is 35.1 Å². The van der Waals surface area contributed by atoms with E-state index in [0.717, 1.165) is 23.0 Å². The van der Waals surface area contributed by atoms with Gasteiger partial charge >= 0.3 is 0 Å². The number of halogens is 1. The van der Waals surface area contributed by atoms with Crippen molar-refractivity contribution in [1.82, 2.24) is 4.98 Å². The number of pyridine rings is 1. The van der Waals surface area contributed by atoms with Gasteiger partial charge in [0.05, 0.1) is 5.75 Å². The Balaban J connectivity index is 1.95. The Morgan fingerprint density at radius 3 is 2.64 bits per heavy atom. The lowest BCUT2D eigenvalue weighted by Gasteiger charge is -2.48. The van der Waals surface area contributed by atoms with Crippen LogP contribution >= 0.6 is 11.6 Å². The van der Waals surface area contributed by atoms with Crippen LogP contribution in [0.1, 0.15) is 39.2 Å². The van der Waals surface area contributed by atoms with Gasteiger partial charge in [0.2, 0.25) is 0 Å². The number of rotatable bonds is 5. The first-order chi connectivity index (χ1) is 11.7. The molecule has 3 rings (SSSR count). The topological polar surface area (TPSA) is 50.3 Å². The Morgan fingerprint density at radius 2 is 2.04 bits per heavy atom. The number of hydrogen-bond acceptors (Lipinski definition) is 4. The average Bonchev–Trinajstić information content (AvgIpc) is 2.57. The van der Waals surface area contributed by atoms with Crippen LogP contribution in [0.4, 0.5) is 5.69 Å². The molecular formula is C19H25ClN2O2S. The minimum atomic E-state index is -2.94. The summed E-state index contributed by atoms with van der Waals surface area (Å²) in [6.07, 6.45) is 1.84. The number of aromatic nitrogens is 1. The van der Waals surface area contributed by atoms with Gasteiger partial charge in [-0.05, 0) is 35.9 Å². The smallest absolute Gasteiger partial charge is 0.150 e. The van der Waals surface area contributed by atoms with E-state index in [9.17, 15) is 8.42 Å². The van der Waals surface area contributed by atoms with Crippen molar-refractivity contribution < 1.29 is 8.42 Å². The second kappa shape index (κ2) is 6.76. The van der Waals surface area contributed by atoms with Gasteiger partial charge in [-0.25, -0.2) is 13.4 Å². The first-order valence-corrected chi connectivity index (χ1v) is 11.0. The molecule has 0 spiro atoms. The van der Waals surface area contributed by atoms with Gasteiger partial charge in [-0.2, -0.15) is 0 Å². The molecule has 1 aromatic carbocycles. The summed E-state index contributed by atoms with van der Waals surface area (Å²) in [5.41, 5.74) is 2.36. The van der Waals surface area contributed by atoms with Crippen molar-refractivity contribution in [2.24, 2.45) is 5.92 Å². The van der Waals surface area contributed by atoms with E-state index in [1.54, 1.807) is 6.92 Å². The molecule has 1 aliphatic heterocycles. The first-order valence-electron chi connectivity index (χ1n) is 8.78. The van der Waals surface area contributed by atoms with Gasteiger partial charge in [0.1, 0.15) is 15.0 Å². The monoisotopic (exact) mass is 380 g/mol. The molecule has 6 heteroatoms. The Morgan fingerprint density at radius 1 is 1.32 bits per heavy atom. The predicted octanol–water partition coefficient (Wildman–Crippen LogP) is 4.27. The summed E-state index contributed by atoms with van der Waals surface area (Å²) in [6, 6.07) is 6.42. The van der Waals surface area contributed by atoms with Crippen molar-refractivity contribution in [2.75, 3.05) is 23.0 Å². The summed E-state index contributed by atoms with van der Waals surface area (Å²) in [7, 11) is -2.94. The van der Waals surface area contributed by atoms with Gasteiger partial charge < -0.3 is 4.90 Å². The largest absolute Gasteiger partial charge is 0.368 e. The number of sulfone groups is 1. The molecule has 136 valence electrons. The molecule has 2 aromatic rings. The lowest BCUT2D eigenvalue weighted by atomic mass is 9.89. The van der Waals surface area contributed by atoms with Crippen LogP contribution in [-0.4, -0.2) is 37.5 Å². The molecule has 1 aromatic heterocycles. The first kappa shape index (κ1) is 18.5. The van der Waals surface area contributed by atoms with Gasteiger partial charge in [0.15, 0.2) is 0 Å². The lowest BCUT2D eigenvalue weighted by Crippen LogP contribution is -2.57. The van der Waals surface area contributed by atoms with Crippen molar-refractivity contribution >= 4 is 37.9 Å². The fourth-order valence-electron chi connectivity index (χ4n) is 3.62. The molecule has 25 heavy (non-hydrogen) atoms. The van der Waals surface area contributed by atoms with Crippen LogP contribution in [0.2, 0.25) is 5.15 Å². The number of nitrogens with zero attached hydrogens (tertiary/aromatic N) is 2. The van der Waals surface area contributed by atoms with E-state index >= 15 is 0 Å². The normalized spacial score (nSPS) is 21.0. The van der Waals surface area contributed by atoms with Crippen molar-refractivity contribution in [1.29, 1.82) is 0 Å². The highest BCUT2D eigenvalue weighted by molar-refractivity contribution is 7.91. The third kappa shape index (κ3) is 3.49. The summed E-state index contributed by atoms with van der Waals surface area (Å²) in [6.45, 7) is 8.91. The fourth-order valence-corrected chi connectivity index (χ4v) is 5.05. The highest BCUT2D eigenvalue weighted by Crippen LogP contribution is 2.39. The lowest BCUT2D eigenvalue weighted by molar-refractivity contribution is 0.341. The van der Waals surface area contributed by atoms with Crippen molar-refractivity contribution in [3.63, 3.8) is 0 Å². The average molecular weight is 381 g/mol. The number of anilines is 1. The van der Waals surface area contributed by atoms with Crippen LogP contribution in [0.5, 0.6) is 0 Å². The Labute approximate surface area is 155 Å². The number of benzene rings is 1. The Kier molecular flexibility index (Phi) is 5.00. The molecule has 4 nitrogen and oxygen atoms in total. The van der Waals surface area contributed by atoms with Crippen LogP contribution in [0.15, 0.2) is 24.4 Å². The molecule has 1 saturated heterocycles. The minimum absolute atomic E-state index is 0.185. The predicted molar refractivity (Wildman–Crippen MR) is 105 cm³/mol. The standard InChI is InChI=1S/C19H25ClN2O2S/c1-5-25(23,24)11-14-10-22(13(14)4)18-7-6-15(12(2)3)16-8-19(20)21-9-17(16)18/h6-9,12-14H,5,10-11H2,1-4H3/t13-,14?/m1/s1. The van der Waals surface area contributed by atoms with E-state index < -0.39 is 9.84 Å². The molecule has 1 unspecified atom stereocenters. The fraction of sp³-hybridized carbons (Fsp3) is 0.526. The summed E-state index contributed by atoms with van der Waals surface area (Å²) in [5.74, 6) is 1.06. The Bertz CT molecular complexity index is 896. The second-order valence-electron chi connectivity index (χ2n) is 7.23. The molecule has 1 fully saturated rings. The zero-order valence-electron chi connectivity index (χ0n) is 15.2. The van der Waals surface area contributed by atoms with E-state index in [4.69, 9.17) is 11.6 Å². The second-order valence-corrected chi connectivity index (χ2v) is 10.0. The van der Waals surface area contributed by atoms with Gasteiger partial charge in [-0.3, -0.25) is 0 Å². The molecule has 0 radical (unpaired) electrons. The molecule has 2 heterocycles. The minimum Gasteiger partial charge on any atom is -0.368 e. The van der Waals surface area contributed by atoms with E-state index in [0.29, 0.717) is 11.1 Å². The maximum atomic E-state index is 11.9. The van der Waals surface area contributed by atoms with E-state index in [-0.39, 0.29) is 23.5 Å². The SMILES string of the molecule is CCS(=O)(=O)CC1CN(c2ccc(C(C)C)c3cc(Cl)ncc23)[C@@H]1C. The van der Waals surface area contributed by atoms with Crippen LogP contribution in [0.3, 0.4) is 0 Å². The third-order valence-corrected chi connectivity index (χ3v) is 7.35. The van der Waals surface area contributed by atoms with Crippen LogP contribution < -0.4 is 4.90 Å². The van der Waals surface area contributed by atoms with Crippen LogP contribution in [-0.2, 0) is 9.84 Å². The summed E-state index contributed by atoms with van der Waals surface area (Å²) >= 11 is 6.12. The maximum absolute atomic E-state index is 11.9. The zero-order valence-corrected chi connectivity index (χ0v) is 16.7. The number of hydrogen-bond donors (Lipinski definition) is 0. The Hall–Kier alpha value is -1.33. The van der Waals surface area contributed by atoms with Crippen LogP contribution in [0, 0.1) is 5.92 Å². The quantitative estimate of drug-likeness (QED) is 0.727. The van der Waals surface area contributed by atoms with Crippen LogP contribution in [0.25, 0.3) is 10.8 Å². The number of fused-ring (bicyclic) bond motifs is 1. The molecule has 0 bridgehead atoms. The van der Waals surface area contributed by atoms with E-state index in [1.807, 2.05) is 12.3 Å². The highest BCUT2D eigenvalue weighted by Gasteiger charge is 2.38. The van der Waals surface area contributed by atoms with E-state index in [1.165, 1.54) is 5.56 Å². The molecular weight excluding hydrogens is 356 g/mol. The van der Waals surface area contributed by atoms with Gasteiger partial charge in [-0.1, -0.05) is 38.4 Å². The van der Waals surface area contributed by atoms with Crippen molar-refractivity contribution in [3.8, 4) is 0 Å². The molecule has 0 amide bonds.